The molecule has 1 saturated heterocycles. The van der Waals surface area contributed by atoms with Crippen molar-refractivity contribution in [2.45, 2.75) is 39.6 Å². The molecule has 0 radical (unpaired) electrons. The number of benzene rings is 2. The quantitative estimate of drug-likeness (QED) is 0.549. The topological polar surface area (TPSA) is 0 Å². The molecule has 0 N–H and O–H groups in total. The van der Waals surface area contributed by atoms with Crippen molar-refractivity contribution in [2.75, 3.05) is 0 Å². The van der Waals surface area contributed by atoms with Crippen LogP contribution in [0.2, 0.25) is 27.8 Å². The van der Waals surface area contributed by atoms with Gasteiger partial charge in [-0.1, -0.05) is 0 Å². The van der Waals surface area contributed by atoms with Crippen molar-refractivity contribution in [3.05, 3.63) is 82.9 Å². The maximum Gasteiger partial charge on any atom is -1.00 e. The van der Waals surface area contributed by atoms with E-state index < -0.39 is 8.07 Å². The van der Waals surface area contributed by atoms with Gasteiger partial charge in [-0.05, 0) is 0 Å². The van der Waals surface area contributed by atoms with Crippen LogP contribution in [-0.4, -0.2) is 8.07 Å². The van der Waals surface area contributed by atoms with Crippen LogP contribution in [0.3, 0.4) is 0 Å². The molecular weight excluding hydrogens is 466 g/mol. The third-order valence-corrected chi connectivity index (χ3v) is 13.9. The Morgan fingerprint density at radius 2 is 1.37 bits per heavy atom. The molecule has 1 aliphatic heterocycles. The maximum atomic E-state index is 2.64. The number of hydrogen-bond acceptors (Lipinski definition) is 0. The predicted molar refractivity (Wildman–Crippen MR) is 105 cm³/mol. The van der Waals surface area contributed by atoms with Crippen LogP contribution in [0, 0.1) is 0 Å². The van der Waals surface area contributed by atoms with Crippen molar-refractivity contribution in [3.8, 4) is 0 Å². The molecule has 5 unspecified atom stereocenters. The third-order valence-electron chi connectivity index (χ3n) is 6.83. The van der Waals surface area contributed by atoms with Gasteiger partial charge in [0, 0.05) is 0 Å². The summed E-state index contributed by atoms with van der Waals surface area (Å²) in [6.07, 6.45) is 9.71. The molecule has 0 aromatic heterocycles. The van der Waals surface area contributed by atoms with Crippen LogP contribution in [0.25, 0.3) is 12.2 Å². The van der Waals surface area contributed by atoms with Gasteiger partial charge in [-0.3, -0.25) is 0 Å². The minimum Gasteiger partial charge on any atom is -1.00 e. The van der Waals surface area contributed by atoms with Crippen molar-refractivity contribution in [1.82, 2.24) is 0 Å². The van der Waals surface area contributed by atoms with Crippen LogP contribution in [0.5, 0.6) is 0 Å². The van der Waals surface area contributed by atoms with Gasteiger partial charge in [0.25, 0.3) is 0 Å². The van der Waals surface area contributed by atoms with Gasteiger partial charge in [-0.25, -0.2) is 0 Å². The summed E-state index contributed by atoms with van der Waals surface area (Å²) in [4.78, 5) is 0. The first-order valence-corrected chi connectivity index (χ1v) is 13.9. The Kier molecular flexibility index (Phi) is 6.15. The molecule has 2 aliphatic carbocycles. The van der Waals surface area contributed by atoms with E-state index in [0.29, 0.717) is 11.8 Å². The molecule has 0 saturated carbocycles. The van der Waals surface area contributed by atoms with Crippen molar-refractivity contribution >= 4 is 20.2 Å². The minimum absolute atomic E-state index is 0. The Balaban J connectivity index is 0.00000105. The van der Waals surface area contributed by atoms with E-state index in [1.165, 1.54) is 11.1 Å². The standard InChI is InChI=1S/C23H23Si.2ClH.Zr/c1-24(2)22(15-18-12-11-16-7-3-5-9-19(16)18)23(24)21-14-13-17-8-4-6-10-20(17)21;;;/h3-15,18,21-23H,1-2H3;2*1H;/q;;;+2/p-2. The van der Waals surface area contributed by atoms with Crippen LogP contribution in [0.4, 0.5) is 0 Å². The SMILES string of the molecule is C[Si]1(C)C(C2C=Cc3ccccc32)C1[CH]([Zr+2])C1C=Cc2ccccc21.[Cl-].[Cl-]. The van der Waals surface area contributed by atoms with E-state index in [-0.39, 0.29) is 24.8 Å². The fraction of sp³-hybridized carbons (Fsp3) is 0.304. The Hall–Kier alpha value is -0.400. The summed E-state index contributed by atoms with van der Waals surface area (Å²) in [6, 6.07) is 18.0. The molecule has 0 spiro atoms. The first-order valence-electron chi connectivity index (χ1n) is 9.34. The molecule has 1 heterocycles. The van der Waals surface area contributed by atoms with Crippen LogP contribution in [0.1, 0.15) is 34.1 Å². The Morgan fingerprint density at radius 1 is 0.815 bits per heavy atom. The number of allylic oxidation sites excluding steroid dienone is 2. The molecular formula is C23H23Cl2SiZr. The van der Waals surface area contributed by atoms with Gasteiger partial charge in [0.05, 0.1) is 0 Å². The zero-order valence-electron chi connectivity index (χ0n) is 15.6. The van der Waals surface area contributed by atoms with Gasteiger partial charge in [0.1, 0.15) is 0 Å². The number of fused-ring (bicyclic) bond motifs is 2. The molecule has 0 bridgehead atoms. The normalized spacial score (nSPS) is 29.3. The Morgan fingerprint density at radius 3 is 2.07 bits per heavy atom. The van der Waals surface area contributed by atoms with E-state index in [0.717, 1.165) is 14.7 Å². The van der Waals surface area contributed by atoms with Gasteiger partial charge < -0.3 is 24.8 Å². The molecule has 5 rings (SSSR count). The fourth-order valence-corrected chi connectivity index (χ4v) is 15.6. The Labute approximate surface area is 191 Å². The second-order valence-electron chi connectivity index (χ2n) is 8.43. The van der Waals surface area contributed by atoms with E-state index in [9.17, 15) is 0 Å². The first kappa shape index (κ1) is 21.3. The largest absolute Gasteiger partial charge is 1.00 e. The molecule has 2 aromatic carbocycles. The van der Waals surface area contributed by atoms with E-state index >= 15 is 0 Å². The van der Waals surface area contributed by atoms with Crippen LogP contribution in [0.15, 0.2) is 60.7 Å². The summed E-state index contributed by atoms with van der Waals surface area (Å²) in [5, 5.41) is 0. The van der Waals surface area contributed by atoms with Crippen LogP contribution in [-0.2, 0) is 24.7 Å². The summed E-state index contributed by atoms with van der Waals surface area (Å²) < 4.78 is 0.833. The number of halogens is 2. The van der Waals surface area contributed by atoms with Gasteiger partial charge in [0.2, 0.25) is 0 Å². The fourth-order valence-electron chi connectivity index (χ4n) is 5.49. The van der Waals surface area contributed by atoms with Crippen molar-refractivity contribution in [2.24, 2.45) is 0 Å². The minimum atomic E-state index is -1.17. The molecule has 0 nitrogen and oxygen atoms in total. The van der Waals surface area contributed by atoms with E-state index in [1.807, 2.05) is 0 Å². The molecule has 3 aliphatic rings. The van der Waals surface area contributed by atoms with Gasteiger partial charge >= 0.3 is 168 Å². The molecule has 2 aromatic rings. The summed E-state index contributed by atoms with van der Waals surface area (Å²) in [7, 11) is -1.17. The van der Waals surface area contributed by atoms with E-state index in [2.05, 4.69) is 85.9 Å². The van der Waals surface area contributed by atoms with Gasteiger partial charge in [-0.15, -0.1) is 0 Å². The molecule has 4 heteroatoms. The monoisotopic (exact) mass is 487 g/mol. The predicted octanol–water partition coefficient (Wildman–Crippen LogP) is 0.413. The van der Waals surface area contributed by atoms with Gasteiger partial charge in [-0.2, -0.15) is 0 Å². The van der Waals surface area contributed by atoms with Gasteiger partial charge in [0.15, 0.2) is 0 Å². The van der Waals surface area contributed by atoms with Crippen molar-refractivity contribution in [1.29, 1.82) is 0 Å². The smallest absolute Gasteiger partial charge is 1.00 e. The zero-order valence-corrected chi connectivity index (χ0v) is 20.5. The summed E-state index contributed by atoms with van der Waals surface area (Å²) in [6.45, 7) is 5.28. The zero-order chi connectivity index (χ0) is 17.2. The van der Waals surface area contributed by atoms with Crippen molar-refractivity contribution in [3.63, 3.8) is 0 Å². The third kappa shape index (κ3) is 3.31. The molecule has 27 heavy (non-hydrogen) atoms. The maximum absolute atomic E-state index is 2.64. The van der Waals surface area contributed by atoms with E-state index in [1.54, 1.807) is 35.8 Å². The number of hydrogen-bond donors (Lipinski definition) is 0. The molecule has 5 atom stereocenters. The summed E-state index contributed by atoms with van der Waals surface area (Å²) in [5.41, 5.74) is 7.92. The van der Waals surface area contributed by atoms with E-state index in [4.69, 9.17) is 0 Å². The summed E-state index contributed by atoms with van der Waals surface area (Å²) in [5.74, 6) is 1.32. The summed E-state index contributed by atoms with van der Waals surface area (Å²) >= 11 is 1.72. The second-order valence-corrected chi connectivity index (χ2v) is 15.0. The number of rotatable bonds is 3. The average Bonchev–Trinajstić information content (AvgIpc) is 3.00. The molecule has 0 amide bonds. The second kappa shape index (κ2) is 7.79. The Bertz CT molecular complexity index is 905. The van der Waals surface area contributed by atoms with Crippen molar-refractivity contribution < 1.29 is 49.5 Å². The average molecular weight is 490 g/mol. The molecule has 137 valence electrons. The van der Waals surface area contributed by atoms with Crippen LogP contribution < -0.4 is 24.8 Å². The molecule has 1 fully saturated rings. The van der Waals surface area contributed by atoms with Crippen LogP contribution >= 0.6 is 0 Å². The first-order chi connectivity index (χ1) is 12.1.